The van der Waals surface area contributed by atoms with E-state index in [-0.39, 0.29) is 5.75 Å². The van der Waals surface area contributed by atoms with Gasteiger partial charge in [-0.15, -0.1) is 0 Å². The van der Waals surface area contributed by atoms with Crippen LogP contribution in [0.1, 0.15) is 12.2 Å². The summed E-state index contributed by atoms with van der Waals surface area (Å²) in [5, 5.41) is 13.1. The van der Waals surface area contributed by atoms with Crippen LogP contribution in [0.2, 0.25) is 5.15 Å². The van der Waals surface area contributed by atoms with Gasteiger partial charge < -0.3 is 10.4 Å². The number of pyridine rings is 1. The highest BCUT2D eigenvalue weighted by Crippen LogP contribution is 2.26. The van der Waals surface area contributed by atoms with Crippen molar-refractivity contribution < 1.29 is 5.11 Å². The van der Waals surface area contributed by atoms with Crippen LogP contribution in [0.15, 0.2) is 18.3 Å². The quantitative estimate of drug-likeness (QED) is 0.801. The highest BCUT2D eigenvalue weighted by Gasteiger charge is 2.11. The predicted octanol–water partition coefficient (Wildman–Crippen LogP) is 1.85. The molecular formula is C11H14ClN3O. The van der Waals surface area contributed by atoms with Gasteiger partial charge in [0.05, 0.1) is 0 Å². The molecule has 0 saturated heterocycles. The van der Waals surface area contributed by atoms with Gasteiger partial charge in [-0.2, -0.15) is 0 Å². The summed E-state index contributed by atoms with van der Waals surface area (Å²) in [5.41, 5.74) is 0.587. The molecule has 0 aliphatic rings. The van der Waals surface area contributed by atoms with Crippen molar-refractivity contribution in [1.29, 1.82) is 0 Å². The summed E-state index contributed by atoms with van der Waals surface area (Å²) in [6.45, 7) is 0.936. The van der Waals surface area contributed by atoms with E-state index in [1.165, 1.54) is 0 Å². The van der Waals surface area contributed by atoms with Gasteiger partial charge in [-0.05, 0) is 32.1 Å². The highest BCUT2D eigenvalue weighted by atomic mass is 35.5. The van der Waals surface area contributed by atoms with Gasteiger partial charge in [-0.3, -0.25) is 4.40 Å². The van der Waals surface area contributed by atoms with Gasteiger partial charge in [0.25, 0.3) is 0 Å². The Morgan fingerprint density at radius 2 is 2.38 bits per heavy atom. The molecule has 16 heavy (non-hydrogen) atoms. The number of aromatic hydroxyl groups is 1. The first-order valence-electron chi connectivity index (χ1n) is 5.23. The molecule has 0 saturated carbocycles. The summed E-state index contributed by atoms with van der Waals surface area (Å²) < 4.78 is 1.84. The summed E-state index contributed by atoms with van der Waals surface area (Å²) in [7, 11) is 1.92. The molecule has 2 aromatic rings. The maximum Gasteiger partial charge on any atom is 0.158 e. The van der Waals surface area contributed by atoms with Crippen LogP contribution >= 0.6 is 11.6 Å². The standard InChI is InChI=1S/C11H14ClN3O/c1-13-6-2-5-9-14-11(12)10-8(16)4-3-7-15(9)10/h3-4,7,13,16H,2,5-6H2,1H3. The van der Waals surface area contributed by atoms with Gasteiger partial charge >= 0.3 is 0 Å². The third-order valence-corrected chi connectivity index (χ3v) is 2.76. The number of halogens is 1. The second kappa shape index (κ2) is 4.72. The lowest BCUT2D eigenvalue weighted by atomic mass is 10.3. The summed E-state index contributed by atoms with van der Waals surface area (Å²) in [6.07, 6.45) is 3.68. The highest BCUT2D eigenvalue weighted by molar-refractivity contribution is 6.33. The zero-order chi connectivity index (χ0) is 11.5. The Bertz CT molecular complexity index is 495. The molecule has 0 aliphatic heterocycles. The number of nitrogens with one attached hydrogen (secondary N) is 1. The van der Waals surface area contributed by atoms with E-state index in [1.807, 2.05) is 17.6 Å². The minimum atomic E-state index is 0.167. The molecule has 2 heterocycles. The molecular weight excluding hydrogens is 226 g/mol. The lowest BCUT2D eigenvalue weighted by Gasteiger charge is -2.01. The van der Waals surface area contributed by atoms with E-state index >= 15 is 0 Å². The molecule has 2 N–H and O–H groups in total. The van der Waals surface area contributed by atoms with Crippen LogP contribution in [-0.2, 0) is 6.42 Å². The average Bonchev–Trinajstić information content (AvgIpc) is 2.58. The molecule has 0 radical (unpaired) electrons. The van der Waals surface area contributed by atoms with Gasteiger partial charge in [-0.25, -0.2) is 4.98 Å². The number of hydrogen-bond acceptors (Lipinski definition) is 3. The third kappa shape index (κ3) is 1.99. The SMILES string of the molecule is CNCCCc1nc(Cl)c2c(O)cccn12. The first kappa shape index (κ1) is 11.2. The van der Waals surface area contributed by atoms with Crippen LogP contribution in [0.5, 0.6) is 5.75 Å². The van der Waals surface area contributed by atoms with E-state index in [0.29, 0.717) is 10.7 Å². The molecule has 0 atom stereocenters. The Hall–Kier alpha value is -1.26. The van der Waals surface area contributed by atoms with E-state index in [1.54, 1.807) is 12.1 Å². The topological polar surface area (TPSA) is 49.6 Å². The number of aromatic nitrogens is 2. The van der Waals surface area contributed by atoms with E-state index in [0.717, 1.165) is 25.2 Å². The fourth-order valence-electron chi connectivity index (χ4n) is 1.74. The van der Waals surface area contributed by atoms with Gasteiger partial charge in [0.2, 0.25) is 0 Å². The van der Waals surface area contributed by atoms with E-state index in [4.69, 9.17) is 11.6 Å². The molecule has 0 unspecified atom stereocenters. The minimum Gasteiger partial charge on any atom is -0.506 e. The first-order chi connectivity index (χ1) is 7.74. The molecule has 0 fully saturated rings. The lowest BCUT2D eigenvalue weighted by Crippen LogP contribution is -2.09. The maximum absolute atomic E-state index is 9.68. The Balaban J connectivity index is 2.36. The lowest BCUT2D eigenvalue weighted by molar-refractivity contribution is 0.479. The van der Waals surface area contributed by atoms with Crippen molar-refractivity contribution in [2.75, 3.05) is 13.6 Å². The second-order valence-corrected chi connectivity index (χ2v) is 4.00. The molecule has 2 rings (SSSR count). The van der Waals surface area contributed by atoms with Crippen molar-refractivity contribution >= 4 is 17.1 Å². The van der Waals surface area contributed by atoms with E-state index in [9.17, 15) is 5.11 Å². The number of imidazole rings is 1. The van der Waals surface area contributed by atoms with Crippen molar-refractivity contribution in [1.82, 2.24) is 14.7 Å². The molecule has 2 aromatic heterocycles. The summed E-state index contributed by atoms with van der Waals surface area (Å²) in [4.78, 5) is 4.26. The summed E-state index contributed by atoms with van der Waals surface area (Å²) in [6, 6.07) is 3.39. The van der Waals surface area contributed by atoms with Gasteiger partial charge in [0.1, 0.15) is 17.1 Å². The number of aryl methyl sites for hydroxylation is 1. The monoisotopic (exact) mass is 239 g/mol. The maximum atomic E-state index is 9.68. The summed E-state index contributed by atoms with van der Waals surface area (Å²) in [5.74, 6) is 1.05. The van der Waals surface area contributed by atoms with Gasteiger partial charge in [0.15, 0.2) is 5.15 Å². The average molecular weight is 240 g/mol. The Morgan fingerprint density at radius 1 is 1.56 bits per heavy atom. The second-order valence-electron chi connectivity index (χ2n) is 3.64. The van der Waals surface area contributed by atoms with E-state index in [2.05, 4.69) is 10.3 Å². The van der Waals surface area contributed by atoms with Crippen LogP contribution in [0, 0.1) is 0 Å². The van der Waals surface area contributed by atoms with Crippen LogP contribution < -0.4 is 5.32 Å². The van der Waals surface area contributed by atoms with Crippen molar-refractivity contribution in [3.63, 3.8) is 0 Å². The van der Waals surface area contributed by atoms with Crippen LogP contribution in [0.3, 0.4) is 0 Å². The Labute approximate surface area is 98.9 Å². The van der Waals surface area contributed by atoms with Crippen LogP contribution in [-0.4, -0.2) is 28.1 Å². The largest absolute Gasteiger partial charge is 0.506 e. The third-order valence-electron chi connectivity index (χ3n) is 2.50. The Morgan fingerprint density at radius 3 is 3.12 bits per heavy atom. The van der Waals surface area contributed by atoms with Crippen molar-refractivity contribution in [3.05, 3.63) is 29.3 Å². The Kier molecular flexibility index (Phi) is 3.31. The van der Waals surface area contributed by atoms with E-state index < -0.39 is 0 Å². The zero-order valence-electron chi connectivity index (χ0n) is 9.07. The van der Waals surface area contributed by atoms with Crippen molar-refractivity contribution in [3.8, 4) is 5.75 Å². The normalized spacial score (nSPS) is 11.1. The van der Waals surface area contributed by atoms with Gasteiger partial charge in [0, 0.05) is 12.6 Å². The molecule has 0 aliphatic carbocycles. The number of nitrogens with zero attached hydrogens (tertiary/aromatic N) is 2. The van der Waals surface area contributed by atoms with Crippen molar-refractivity contribution in [2.24, 2.45) is 0 Å². The molecule has 0 aromatic carbocycles. The van der Waals surface area contributed by atoms with Gasteiger partial charge in [-0.1, -0.05) is 11.6 Å². The minimum absolute atomic E-state index is 0.167. The van der Waals surface area contributed by atoms with Crippen LogP contribution in [0.4, 0.5) is 0 Å². The number of rotatable bonds is 4. The first-order valence-corrected chi connectivity index (χ1v) is 5.61. The fraction of sp³-hybridized carbons (Fsp3) is 0.364. The zero-order valence-corrected chi connectivity index (χ0v) is 9.83. The number of fused-ring (bicyclic) bond motifs is 1. The fourth-order valence-corrected chi connectivity index (χ4v) is 2.02. The molecule has 4 nitrogen and oxygen atoms in total. The molecule has 0 amide bonds. The smallest absolute Gasteiger partial charge is 0.158 e. The van der Waals surface area contributed by atoms with Crippen LogP contribution in [0.25, 0.3) is 5.52 Å². The van der Waals surface area contributed by atoms with Crippen molar-refractivity contribution in [2.45, 2.75) is 12.8 Å². The molecule has 0 spiro atoms. The number of hydrogen-bond donors (Lipinski definition) is 2. The molecule has 5 heteroatoms. The predicted molar refractivity (Wildman–Crippen MR) is 64.1 cm³/mol. The summed E-state index contributed by atoms with van der Waals surface area (Å²) >= 11 is 5.99. The molecule has 86 valence electrons. The molecule has 0 bridgehead atoms.